The first-order chi connectivity index (χ1) is 11.9. The van der Waals surface area contributed by atoms with Gasteiger partial charge >= 0.3 is 156 Å². The van der Waals surface area contributed by atoms with Gasteiger partial charge in [0.2, 0.25) is 0 Å². The van der Waals surface area contributed by atoms with Crippen LogP contribution < -0.4 is 22.7 Å². The third-order valence-corrected chi connectivity index (χ3v) is 17.7. The van der Waals surface area contributed by atoms with Gasteiger partial charge in [-0.1, -0.05) is 0 Å². The van der Waals surface area contributed by atoms with E-state index < -0.39 is 25.7 Å². The van der Waals surface area contributed by atoms with E-state index in [9.17, 15) is 0 Å². The molecule has 1 nitrogen and oxygen atoms in total. The van der Waals surface area contributed by atoms with Gasteiger partial charge in [0.25, 0.3) is 0 Å². The molecule has 0 unspecified atom stereocenters. The number of rotatable bonds is 0. The number of para-hydroxylation sites is 3. The van der Waals surface area contributed by atoms with Crippen molar-refractivity contribution in [3.05, 3.63) is 66.7 Å². The second-order valence-corrected chi connectivity index (χ2v) is 22.4. The molecule has 0 aromatic heterocycles. The third-order valence-electron chi connectivity index (χ3n) is 5.60. The van der Waals surface area contributed by atoms with E-state index in [0.29, 0.717) is 0 Å². The van der Waals surface area contributed by atoms with Gasteiger partial charge in [-0.3, -0.25) is 0 Å². The number of benzene rings is 3. The molecule has 0 saturated heterocycles. The van der Waals surface area contributed by atoms with Crippen LogP contribution in [-0.4, -0.2) is 25.7 Å². The number of fused-ring (bicyclic) bond motifs is 4. The van der Waals surface area contributed by atoms with Crippen LogP contribution in [0.5, 0.6) is 0 Å². The fraction of sp³-hybridized carbons (Fsp3) is 0.182. The average molecular weight is 459 g/mol. The molecule has 2 heterocycles. The summed E-state index contributed by atoms with van der Waals surface area (Å²) in [6.45, 7) is 0. The first kappa shape index (κ1) is 15.7. The van der Waals surface area contributed by atoms with Gasteiger partial charge in [0.15, 0.2) is 0 Å². The van der Waals surface area contributed by atoms with Crippen molar-refractivity contribution in [2.24, 2.45) is 0 Å². The quantitative estimate of drug-likeness (QED) is 0.466. The standard InChI is InChI=1S/C22H23NSe2/c1-24(2)18-12-7-5-10-16(18)23-17-11-6-8-13-19(17)25(3,4)21-15-9-14-20(24)22(21)23/h5-15H,1-4H3. The Kier molecular flexibility index (Phi) is 3.16. The second-order valence-electron chi connectivity index (χ2n) is 7.53. The van der Waals surface area contributed by atoms with E-state index in [2.05, 4.69) is 94.9 Å². The van der Waals surface area contributed by atoms with E-state index in [4.69, 9.17) is 0 Å². The van der Waals surface area contributed by atoms with Crippen molar-refractivity contribution in [3.63, 3.8) is 0 Å². The van der Waals surface area contributed by atoms with Crippen LogP contribution in [0.25, 0.3) is 0 Å². The van der Waals surface area contributed by atoms with Crippen LogP contribution in [0.4, 0.5) is 17.1 Å². The molecule has 0 aliphatic carbocycles. The van der Waals surface area contributed by atoms with Gasteiger partial charge in [-0.2, -0.15) is 0 Å². The molecule has 0 radical (unpaired) electrons. The molecule has 0 spiro atoms. The summed E-state index contributed by atoms with van der Waals surface area (Å²) in [5, 5.41) is 0. The van der Waals surface area contributed by atoms with Crippen molar-refractivity contribution >= 4 is 60.6 Å². The van der Waals surface area contributed by atoms with Gasteiger partial charge in [-0.25, -0.2) is 0 Å². The van der Waals surface area contributed by atoms with Gasteiger partial charge in [-0.05, 0) is 0 Å². The fourth-order valence-electron chi connectivity index (χ4n) is 4.30. The van der Waals surface area contributed by atoms with Crippen molar-refractivity contribution in [1.29, 1.82) is 0 Å². The maximum absolute atomic E-state index is 2.57. The topological polar surface area (TPSA) is 3.24 Å². The third kappa shape index (κ3) is 1.90. The Morgan fingerprint density at radius 2 is 0.920 bits per heavy atom. The molecule has 0 atom stereocenters. The molecule has 0 fully saturated rings. The van der Waals surface area contributed by atoms with Crippen LogP contribution in [-0.2, 0) is 0 Å². The molecule has 5 rings (SSSR count). The van der Waals surface area contributed by atoms with Crippen molar-refractivity contribution in [2.45, 2.75) is 23.3 Å². The second kappa shape index (κ2) is 5.02. The molecule has 0 amide bonds. The van der Waals surface area contributed by atoms with E-state index in [-0.39, 0.29) is 0 Å². The summed E-state index contributed by atoms with van der Waals surface area (Å²) in [7, 11) is 0. The number of hydrogen-bond donors (Lipinski definition) is 0. The van der Waals surface area contributed by atoms with Crippen LogP contribution in [0.3, 0.4) is 0 Å². The molecule has 3 aromatic carbocycles. The Morgan fingerprint density at radius 1 is 0.520 bits per heavy atom. The Bertz CT molecular complexity index is 942. The van der Waals surface area contributed by atoms with Crippen molar-refractivity contribution in [1.82, 2.24) is 0 Å². The summed E-state index contributed by atoms with van der Waals surface area (Å²) in [4.78, 5) is 2.57. The molecular weight excluding hydrogens is 436 g/mol. The Balaban J connectivity index is 1.97. The summed E-state index contributed by atoms with van der Waals surface area (Å²) in [5.74, 6) is 10.1. The van der Waals surface area contributed by atoms with Gasteiger partial charge in [0.05, 0.1) is 0 Å². The molecular formula is C22H23NSe2. The molecule has 128 valence electrons. The fourth-order valence-corrected chi connectivity index (χ4v) is 14.9. The number of anilines is 3. The van der Waals surface area contributed by atoms with Crippen molar-refractivity contribution in [2.75, 3.05) is 4.90 Å². The molecule has 2 aliphatic heterocycles. The normalized spacial score (nSPS) is 20.7. The molecule has 2 aliphatic rings. The number of hydrogen-bond acceptors (Lipinski definition) is 1. The van der Waals surface area contributed by atoms with Crippen molar-refractivity contribution < 1.29 is 0 Å². The first-order valence-electron chi connectivity index (χ1n) is 8.52. The predicted molar refractivity (Wildman–Crippen MR) is 115 cm³/mol. The summed E-state index contributed by atoms with van der Waals surface area (Å²) in [6, 6.07) is 25.3. The zero-order valence-electron chi connectivity index (χ0n) is 15.1. The maximum atomic E-state index is 2.57. The van der Waals surface area contributed by atoms with E-state index >= 15 is 0 Å². The van der Waals surface area contributed by atoms with Gasteiger partial charge in [0, 0.05) is 0 Å². The summed E-state index contributed by atoms with van der Waals surface area (Å²) >= 11 is -3.80. The summed E-state index contributed by atoms with van der Waals surface area (Å²) in [6.07, 6.45) is 0. The van der Waals surface area contributed by atoms with Gasteiger partial charge < -0.3 is 0 Å². The Labute approximate surface area is 155 Å². The van der Waals surface area contributed by atoms with Gasteiger partial charge in [0.1, 0.15) is 0 Å². The first-order valence-corrected chi connectivity index (χ1v) is 18.8. The molecule has 3 heteroatoms. The van der Waals surface area contributed by atoms with E-state index in [1.165, 1.54) is 17.1 Å². The van der Waals surface area contributed by atoms with Crippen LogP contribution in [0.1, 0.15) is 0 Å². The summed E-state index contributed by atoms with van der Waals surface area (Å²) < 4.78 is 6.38. The monoisotopic (exact) mass is 461 g/mol. The van der Waals surface area contributed by atoms with E-state index in [1.54, 1.807) is 17.8 Å². The molecule has 0 N–H and O–H groups in total. The Hall–Kier alpha value is -1.50. The predicted octanol–water partition coefficient (Wildman–Crippen LogP) is 3.43. The number of nitrogens with zero attached hydrogens (tertiary/aromatic N) is 1. The summed E-state index contributed by atoms with van der Waals surface area (Å²) in [5.41, 5.74) is 4.34. The molecule has 25 heavy (non-hydrogen) atoms. The Morgan fingerprint density at radius 3 is 1.40 bits per heavy atom. The van der Waals surface area contributed by atoms with E-state index in [1.807, 2.05) is 0 Å². The zero-order valence-corrected chi connectivity index (χ0v) is 18.5. The molecule has 0 bridgehead atoms. The SMILES string of the molecule is C[Se]1(C)c2ccccc2N2c3ccccc3[Se](C)(C)c3cccc1c32. The van der Waals surface area contributed by atoms with E-state index in [0.717, 1.165) is 0 Å². The minimum atomic E-state index is -1.90. The van der Waals surface area contributed by atoms with Crippen LogP contribution in [0.2, 0.25) is 23.3 Å². The molecule has 3 aromatic rings. The van der Waals surface area contributed by atoms with Crippen LogP contribution in [0, 0.1) is 0 Å². The van der Waals surface area contributed by atoms with Gasteiger partial charge in [-0.15, -0.1) is 0 Å². The van der Waals surface area contributed by atoms with Crippen molar-refractivity contribution in [3.8, 4) is 0 Å². The average Bonchev–Trinajstić information content (AvgIpc) is 2.61. The minimum absolute atomic E-state index is 1.41. The zero-order chi connectivity index (χ0) is 17.4. The van der Waals surface area contributed by atoms with Crippen LogP contribution in [0.15, 0.2) is 66.7 Å². The van der Waals surface area contributed by atoms with Crippen LogP contribution >= 0.6 is 0 Å². The molecule has 0 saturated carbocycles.